The Labute approximate surface area is 133 Å². The van der Waals surface area contributed by atoms with Gasteiger partial charge in [0.2, 0.25) is 0 Å². The van der Waals surface area contributed by atoms with E-state index in [1.165, 1.54) is 0 Å². The maximum atomic E-state index is 12.0. The van der Waals surface area contributed by atoms with Crippen molar-refractivity contribution in [1.29, 1.82) is 0 Å². The molecule has 2 rings (SSSR count). The molecule has 22 heavy (non-hydrogen) atoms. The van der Waals surface area contributed by atoms with Crippen LogP contribution in [0, 0.1) is 6.92 Å². The first-order chi connectivity index (χ1) is 10.5. The van der Waals surface area contributed by atoms with E-state index < -0.39 is 11.9 Å². The molecule has 0 amide bonds. The van der Waals surface area contributed by atoms with Crippen LogP contribution >= 0.6 is 11.8 Å². The molecule has 5 nitrogen and oxygen atoms in total. The summed E-state index contributed by atoms with van der Waals surface area (Å²) >= 11 is 1.70. The summed E-state index contributed by atoms with van der Waals surface area (Å²) in [5.74, 6) is -0.982. The zero-order valence-corrected chi connectivity index (χ0v) is 13.5. The molecule has 1 aromatic carbocycles. The van der Waals surface area contributed by atoms with Crippen LogP contribution in [0.15, 0.2) is 17.0 Å². The van der Waals surface area contributed by atoms with Gasteiger partial charge in [-0.2, -0.15) is 0 Å². The predicted octanol–water partition coefficient (Wildman–Crippen LogP) is 2.32. The molecule has 0 fully saturated rings. The summed E-state index contributed by atoms with van der Waals surface area (Å²) in [7, 11) is 0. The molecule has 0 aromatic heterocycles. The van der Waals surface area contributed by atoms with Gasteiger partial charge in [0.1, 0.15) is 0 Å². The summed E-state index contributed by atoms with van der Waals surface area (Å²) in [6.07, 6.45) is 1.01. The topological polar surface area (TPSA) is 69.7 Å². The average molecular weight is 322 g/mol. The minimum atomic E-state index is -0.983. The number of hydrogen-bond donors (Lipinski definition) is 0. The Morgan fingerprint density at radius 3 is 2.68 bits per heavy atom. The number of hydrogen-bond acceptors (Lipinski definition) is 6. The lowest BCUT2D eigenvalue weighted by atomic mass is 10.00. The number of ether oxygens (including phenoxy) is 2. The summed E-state index contributed by atoms with van der Waals surface area (Å²) in [5, 5.41) is 0. The van der Waals surface area contributed by atoms with E-state index >= 15 is 0 Å². The third kappa shape index (κ3) is 3.88. The fourth-order valence-corrected chi connectivity index (χ4v) is 3.39. The number of carbonyl (C=O) groups is 3. The summed E-state index contributed by atoms with van der Waals surface area (Å²) in [6.45, 7) is 3.81. The highest BCUT2D eigenvalue weighted by Gasteiger charge is 2.20. The van der Waals surface area contributed by atoms with Crippen molar-refractivity contribution in [2.75, 3.05) is 19.0 Å². The summed E-state index contributed by atoms with van der Waals surface area (Å²) in [4.78, 5) is 35.5. The van der Waals surface area contributed by atoms with Crippen molar-refractivity contribution in [2.24, 2.45) is 0 Å². The maximum Gasteiger partial charge on any atom is 0.417 e. The van der Waals surface area contributed by atoms with Gasteiger partial charge < -0.3 is 9.47 Å². The summed E-state index contributed by atoms with van der Waals surface area (Å²) in [5.41, 5.74) is 2.73. The largest absolute Gasteiger partial charge is 0.458 e. The van der Waals surface area contributed by atoms with Crippen LogP contribution in [0.1, 0.15) is 34.8 Å². The van der Waals surface area contributed by atoms with E-state index in [1.807, 2.05) is 19.1 Å². The smallest absolute Gasteiger partial charge is 0.417 e. The number of carbonyl (C=O) groups excluding carboxylic acids is 3. The van der Waals surface area contributed by atoms with Gasteiger partial charge in [0.05, 0.1) is 13.2 Å². The number of esters is 2. The molecule has 0 saturated heterocycles. The second-order valence-electron chi connectivity index (χ2n) is 4.92. The molecule has 1 aromatic rings. The molecular weight excluding hydrogens is 304 g/mol. The van der Waals surface area contributed by atoms with Crippen molar-refractivity contribution in [3.05, 3.63) is 28.8 Å². The Bertz CT molecular complexity index is 609. The van der Waals surface area contributed by atoms with Crippen LogP contribution in [0.2, 0.25) is 0 Å². The Morgan fingerprint density at radius 2 is 1.95 bits per heavy atom. The minimum absolute atomic E-state index is 0.0806. The number of Topliss-reactive ketones (excluding diaryl/α,β-unsaturated/α-hetero) is 1. The molecule has 0 aliphatic carbocycles. The average Bonchev–Trinajstić information content (AvgIpc) is 2.48. The van der Waals surface area contributed by atoms with Crippen LogP contribution in [-0.2, 0) is 25.5 Å². The van der Waals surface area contributed by atoms with Crippen LogP contribution in [0.3, 0.4) is 0 Å². The van der Waals surface area contributed by atoms with Crippen molar-refractivity contribution in [3.8, 4) is 0 Å². The molecular formula is C16H18O5S. The van der Waals surface area contributed by atoms with Gasteiger partial charge in [-0.15, -0.1) is 11.8 Å². The monoisotopic (exact) mass is 322 g/mol. The van der Waals surface area contributed by atoms with E-state index in [9.17, 15) is 14.4 Å². The zero-order chi connectivity index (χ0) is 16.1. The Balaban J connectivity index is 1.98. The summed E-state index contributed by atoms with van der Waals surface area (Å²) in [6, 6.07) is 3.84. The van der Waals surface area contributed by atoms with Crippen molar-refractivity contribution in [1.82, 2.24) is 0 Å². The van der Waals surface area contributed by atoms with Crippen LogP contribution in [-0.4, -0.2) is 36.7 Å². The fourth-order valence-electron chi connectivity index (χ4n) is 2.28. The van der Waals surface area contributed by atoms with E-state index in [0.717, 1.165) is 27.3 Å². The second-order valence-corrected chi connectivity index (χ2v) is 6.02. The first kappa shape index (κ1) is 16.5. The quantitative estimate of drug-likeness (QED) is 0.626. The lowest BCUT2D eigenvalue weighted by molar-refractivity contribution is -0.167. The highest BCUT2D eigenvalue weighted by Crippen LogP contribution is 2.33. The van der Waals surface area contributed by atoms with Crippen LogP contribution in [0.4, 0.5) is 0 Å². The Hall–Kier alpha value is -1.82. The van der Waals surface area contributed by atoms with Gasteiger partial charge >= 0.3 is 11.9 Å². The molecule has 118 valence electrons. The molecule has 1 aliphatic rings. The normalized spacial score (nSPS) is 13.5. The first-order valence-electron chi connectivity index (χ1n) is 7.16. The minimum Gasteiger partial charge on any atom is -0.458 e. The van der Waals surface area contributed by atoms with Gasteiger partial charge in [-0.25, -0.2) is 9.59 Å². The van der Waals surface area contributed by atoms with Crippen molar-refractivity contribution >= 4 is 29.5 Å². The standard InChI is InChI=1S/C16H18O5S/c1-3-20-15(18)16(19)21-6-4-11-8-10(2)14-12(9-11)13(17)5-7-22-14/h8-9H,3-7H2,1-2H3. The highest BCUT2D eigenvalue weighted by atomic mass is 32.2. The lowest BCUT2D eigenvalue weighted by Crippen LogP contribution is -2.21. The van der Waals surface area contributed by atoms with Gasteiger partial charge in [-0.1, -0.05) is 6.07 Å². The van der Waals surface area contributed by atoms with E-state index in [0.29, 0.717) is 12.8 Å². The number of benzene rings is 1. The number of thioether (sulfide) groups is 1. The third-order valence-electron chi connectivity index (χ3n) is 3.28. The van der Waals surface area contributed by atoms with Gasteiger partial charge in [-0.3, -0.25) is 4.79 Å². The van der Waals surface area contributed by atoms with Gasteiger partial charge in [0.25, 0.3) is 0 Å². The van der Waals surface area contributed by atoms with Gasteiger partial charge in [-0.05, 0) is 31.0 Å². The Kier molecular flexibility index (Phi) is 5.60. The number of rotatable bonds is 4. The summed E-state index contributed by atoms with van der Waals surface area (Å²) < 4.78 is 9.42. The lowest BCUT2D eigenvalue weighted by Gasteiger charge is -2.18. The van der Waals surface area contributed by atoms with E-state index in [2.05, 4.69) is 4.74 Å². The van der Waals surface area contributed by atoms with Gasteiger partial charge in [0.15, 0.2) is 5.78 Å². The van der Waals surface area contributed by atoms with Gasteiger partial charge in [0, 0.05) is 29.1 Å². The molecule has 6 heteroatoms. The predicted molar refractivity (Wildman–Crippen MR) is 82.1 cm³/mol. The van der Waals surface area contributed by atoms with Crippen LogP contribution < -0.4 is 0 Å². The second kappa shape index (κ2) is 7.45. The van der Waals surface area contributed by atoms with E-state index in [1.54, 1.807) is 18.7 Å². The van der Waals surface area contributed by atoms with E-state index in [4.69, 9.17) is 4.74 Å². The SMILES string of the molecule is CCOC(=O)C(=O)OCCc1cc(C)c2c(c1)C(=O)CCS2. The zero-order valence-electron chi connectivity index (χ0n) is 12.6. The number of ketones is 1. The van der Waals surface area contributed by atoms with E-state index in [-0.39, 0.29) is 19.0 Å². The van der Waals surface area contributed by atoms with Crippen LogP contribution in [0.25, 0.3) is 0 Å². The molecule has 0 spiro atoms. The fraction of sp³-hybridized carbons (Fsp3) is 0.438. The van der Waals surface area contributed by atoms with Crippen molar-refractivity contribution in [3.63, 3.8) is 0 Å². The molecule has 1 heterocycles. The maximum absolute atomic E-state index is 12.0. The number of aryl methyl sites for hydroxylation is 1. The molecule has 0 atom stereocenters. The molecule has 0 radical (unpaired) electrons. The molecule has 0 saturated carbocycles. The molecule has 0 N–H and O–H groups in total. The van der Waals surface area contributed by atoms with Crippen molar-refractivity contribution < 1.29 is 23.9 Å². The Morgan fingerprint density at radius 1 is 1.23 bits per heavy atom. The molecule has 0 bridgehead atoms. The number of fused-ring (bicyclic) bond motifs is 1. The molecule has 1 aliphatic heterocycles. The molecule has 0 unspecified atom stereocenters. The van der Waals surface area contributed by atoms with Crippen molar-refractivity contribution in [2.45, 2.75) is 31.6 Å². The third-order valence-corrected chi connectivity index (χ3v) is 4.52. The first-order valence-corrected chi connectivity index (χ1v) is 8.15. The highest BCUT2D eigenvalue weighted by molar-refractivity contribution is 7.99. The van der Waals surface area contributed by atoms with Crippen LogP contribution in [0.5, 0.6) is 0 Å².